The molecule has 1 amide bonds. The first-order valence-corrected chi connectivity index (χ1v) is 9.51. The number of aryl methyl sites for hydroxylation is 1. The van der Waals surface area contributed by atoms with Crippen molar-refractivity contribution in [3.63, 3.8) is 0 Å². The molecule has 0 aromatic carbocycles. The van der Waals surface area contributed by atoms with Crippen molar-refractivity contribution in [2.45, 2.75) is 51.7 Å². The number of amides is 1. The van der Waals surface area contributed by atoms with Crippen LogP contribution in [0.25, 0.3) is 0 Å². The Morgan fingerprint density at radius 1 is 1.39 bits per heavy atom. The van der Waals surface area contributed by atoms with Gasteiger partial charge in [0.25, 0.3) is 5.56 Å². The highest BCUT2D eigenvalue weighted by Crippen LogP contribution is 2.28. The second kappa shape index (κ2) is 6.67. The number of nitrogens with zero attached hydrogens (tertiary/aromatic N) is 3. The molecule has 5 nitrogen and oxygen atoms in total. The summed E-state index contributed by atoms with van der Waals surface area (Å²) in [6, 6.07) is 0. The van der Waals surface area contributed by atoms with Gasteiger partial charge in [-0.15, -0.1) is 0 Å². The lowest BCUT2D eigenvalue weighted by molar-refractivity contribution is -0.137. The van der Waals surface area contributed by atoms with Crippen molar-refractivity contribution in [1.29, 1.82) is 0 Å². The van der Waals surface area contributed by atoms with Gasteiger partial charge in [0.05, 0.1) is 5.92 Å². The van der Waals surface area contributed by atoms with Crippen molar-refractivity contribution in [3.8, 4) is 0 Å². The number of rotatable bonds is 2. The molecule has 1 fully saturated rings. The largest absolute Gasteiger partial charge is 0.342 e. The number of carbonyl (C=O) groups is 1. The van der Waals surface area contributed by atoms with Crippen molar-refractivity contribution < 1.29 is 4.79 Å². The summed E-state index contributed by atoms with van der Waals surface area (Å²) in [6.45, 7) is 8.27. The fraction of sp³-hybridized carbons (Fsp3) is 0.706. The quantitative estimate of drug-likeness (QED) is 0.777. The van der Waals surface area contributed by atoms with Crippen LogP contribution < -0.4 is 5.56 Å². The Bertz CT molecular complexity index is 671. The van der Waals surface area contributed by atoms with E-state index in [1.165, 1.54) is 6.42 Å². The van der Waals surface area contributed by atoms with Gasteiger partial charge in [0.15, 0.2) is 5.16 Å². The summed E-state index contributed by atoms with van der Waals surface area (Å²) in [5, 5.41) is 0.765. The third kappa shape index (κ3) is 3.18. The van der Waals surface area contributed by atoms with Gasteiger partial charge in [-0.1, -0.05) is 25.6 Å². The van der Waals surface area contributed by atoms with Gasteiger partial charge in [0, 0.05) is 36.6 Å². The molecule has 0 aliphatic carbocycles. The molecule has 2 atom stereocenters. The van der Waals surface area contributed by atoms with Crippen LogP contribution in [0.1, 0.15) is 37.9 Å². The van der Waals surface area contributed by atoms with E-state index in [1.54, 1.807) is 16.3 Å². The molecule has 0 bridgehead atoms. The summed E-state index contributed by atoms with van der Waals surface area (Å²) in [5.74, 6) is 1.40. The van der Waals surface area contributed by atoms with Crippen LogP contribution in [-0.4, -0.2) is 39.2 Å². The molecule has 3 heterocycles. The highest BCUT2D eigenvalue weighted by Gasteiger charge is 2.32. The van der Waals surface area contributed by atoms with Crippen LogP contribution >= 0.6 is 11.8 Å². The SMILES string of the molecule is CCc1c(C)nc2n(c1=O)CC(C(=O)N1CCCC(C)C1)CS2. The van der Waals surface area contributed by atoms with Gasteiger partial charge in [0.2, 0.25) is 5.91 Å². The standard InChI is InChI=1S/C17H25N3O2S/c1-4-14-12(3)18-17-20(16(14)22)9-13(10-23-17)15(21)19-7-5-6-11(2)8-19/h11,13H,4-10H2,1-3H3. The molecule has 3 rings (SSSR count). The molecule has 0 N–H and O–H groups in total. The maximum Gasteiger partial charge on any atom is 0.257 e. The van der Waals surface area contributed by atoms with Crippen molar-refractivity contribution >= 4 is 17.7 Å². The smallest absolute Gasteiger partial charge is 0.257 e. The highest BCUT2D eigenvalue weighted by molar-refractivity contribution is 7.99. The summed E-state index contributed by atoms with van der Waals surface area (Å²) < 4.78 is 1.72. The monoisotopic (exact) mass is 335 g/mol. The average Bonchev–Trinajstić information content (AvgIpc) is 2.54. The van der Waals surface area contributed by atoms with Crippen molar-refractivity contribution in [3.05, 3.63) is 21.6 Å². The van der Waals surface area contributed by atoms with Crippen LogP contribution in [0.4, 0.5) is 0 Å². The second-order valence-electron chi connectivity index (χ2n) is 6.77. The Balaban J connectivity index is 1.82. The molecule has 2 unspecified atom stereocenters. The molecule has 1 saturated heterocycles. The van der Waals surface area contributed by atoms with E-state index in [1.807, 2.05) is 18.7 Å². The van der Waals surface area contributed by atoms with Gasteiger partial charge in [-0.05, 0) is 32.1 Å². The molecule has 0 radical (unpaired) electrons. The van der Waals surface area contributed by atoms with Crippen LogP contribution in [0, 0.1) is 18.8 Å². The van der Waals surface area contributed by atoms with Gasteiger partial charge >= 0.3 is 0 Å². The van der Waals surface area contributed by atoms with Gasteiger partial charge in [0.1, 0.15) is 0 Å². The lowest BCUT2D eigenvalue weighted by atomic mass is 9.98. The first-order chi connectivity index (χ1) is 11.0. The van der Waals surface area contributed by atoms with Crippen molar-refractivity contribution in [1.82, 2.24) is 14.5 Å². The van der Waals surface area contributed by atoms with Crippen LogP contribution in [-0.2, 0) is 17.8 Å². The van der Waals surface area contributed by atoms with Crippen LogP contribution in [0.5, 0.6) is 0 Å². The number of likely N-dealkylation sites (tertiary alicyclic amines) is 1. The molecule has 1 aromatic heterocycles. The zero-order valence-electron chi connectivity index (χ0n) is 14.2. The molecule has 2 aliphatic heterocycles. The molecule has 1 aromatic rings. The van der Waals surface area contributed by atoms with E-state index >= 15 is 0 Å². The fourth-order valence-corrected chi connectivity index (χ4v) is 4.71. The summed E-state index contributed by atoms with van der Waals surface area (Å²) in [7, 11) is 0. The number of piperidine rings is 1. The lowest BCUT2D eigenvalue weighted by Gasteiger charge is -2.35. The van der Waals surface area contributed by atoms with Crippen molar-refractivity contribution in [2.24, 2.45) is 11.8 Å². The zero-order chi connectivity index (χ0) is 16.6. The Hall–Kier alpha value is -1.30. The number of fused-ring (bicyclic) bond motifs is 1. The Morgan fingerprint density at radius 2 is 2.17 bits per heavy atom. The van der Waals surface area contributed by atoms with E-state index < -0.39 is 0 Å². The molecule has 0 saturated carbocycles. The van der Waals surface area contributed by atoms with E-state index in [-0.39, 0.29) is 17.4 Å². The van der Waals surface area contributed by atoms with Crippen LogP contribution in [0.3, 0.4) is 0 Å². The number of carbonyl (C=O) groups excluding carboxylic acids is 1. The fourth-order valence-electron chi connectivity index (χ4n) is 3.60. The molecule has 126 valence electrons. The van der Waals surface area contributed by atoms with Crippen molar-refractivity contribution in [2.75, 3.05) is 18.8 Å². The molecule has 2 aliphatic rings. The minimum absolute atomic E-state index is 0.0343. The van der Waals surface area contributed by atoms with Crippen LogP contribution in [0.2, 0.25) is 0 Å². The van der Waals surface area contributed by atoms with Gasteiger partial charge in [-0.2, -0.15) is 0 Å². The van der Waals surface area contributed by atoms with E-state index in [4.69, 9.17) is 0 Å². The number of hydrogen-bond donors (Lipinski definition) is 0. The number of hydrogen-bond acceptors (Lipinski definition) is 4. The maximum absolute atomic E-state index is 12.8. The summed E-state index contributed by atoms with van der Waals surface area (Å²) in [5.41, 5.74) is 1.63. The molecule has 0 spiro atoms. The molecule has 6 heteroatoms. The van der Waals surface area contributed by atoms with Gasteiger partial charge in [-0.25, -0.2) is 4.98 Å². The third-order valence-corrected chi connectivity index (χ3v) is 6.06. The Labute approximate surface area is 141 Å². The predicted octanol–water partition coefficient (Wildman–Crippen LogP) is 2.09. The Morgan fingerprint density at radius 3 is 2.87 bits per heavy atom. The average molecular weight is 335 g/mol. The topological polar surface area (TPSA) is 55.2 Å². The Kier molecular flexibility index (Phi) is 4.80. The molecular weight excluding hydrogens is 310 g/mol. The second-order valence-corrected chi connectivity index (χ2v) is 7.75. The molecule has 23 heavy (non-hydrogen) atoms. The van der Waals surface area contributed by atoms with E-state index in [0.717, 1.165) is 41.7 Å². The first-order valence-electron chi connectivity index (χ1n) is 8.53. The summed E-state index contributed by atoms with van der Waals surface area (Å²) >= 11 is 1.54. The lowest BCUT2D eigenvalue weighted by Crippen LogP contribution is -2.46. The normalized spacial score (nSPS) is 24.4. The summed E-state index contributed by atoms with van der Waals surface area (Å²) in [6.07, 6.45) is 2.98. The van der Waals surface area contributed by atoms with E-state index in [0.29, 0.717) is 18.9 Å². The number of thioether (sulfide) groups is 1. The third-order valence-electron chi connectivity index (χ3n) is 4.92. The highest BCUT2D eigenvalue weighted by atomic mass is 32.2. The number of aromatic nitrogens is 2. The zero-order valence-corrected chi connectivity index (χ0v) is 15.0. The minimum atomic E-state index is -0.107. The van der Waals surface area contributed by atoms with Gasteiger partial charge < -0.3 is 4.90 Å². The predicted molar refractivity (Wildman–Crippen MR) is 91.8 cm³/mol. The maximum atomic E-state index is 12.8. The van der Waals surface area contributed by atoms with Crippen LogP contribution in [0.15, 0.2) is 9.95 Å². The van der Waals surface area contributed by atoms with E-state index in [2.05, 4.69) is 11.9 Å². The van der Waals surface area contributed by atoms with E-state index in [9.17, 15) is 9.59 Å². The first kappa shape index (κ1) is 16.6. The van der Waals surface area contributed by atoms with Gasteiger partial charge in [-0.3, -0.25) is 14.2 Å². The summed E-state index contributed by atoms with van der Waals surface area (Å²) in [4.78, 5) is 32.0. The minimum Gasteiger partial charge on any atom is -0.342 e. The molecular formula is C17H25N3O2S.